The Kier molecular flexibility index (Phi) is 5.88. The van der Waals surface area contributed by atoms with Crippen molar-refractivity contribution in [3.05, 3.63) is 105 Å². The molecule has 2 heterocycles. The second-order valence-corrected chi connectivity index (χ2v) is 8.65. The Labute approximate surface area is 196 Å². The van der Waals surface area contributed by atoms with Crippen LogP contribution in [0.5, 0.6) is 0 Å². The molecule has 6 heteroatoms. The number of hydrogen-bond donors (Lipinski definition) is 1. The van der Waals surface area contributed by atoms with Crippen molar-refractivity contribution >= 4 is 22.7 Å². The number of esters is 1. The summed E-state index contributed by atoms with van der Waals surface area (Å²) in [5.74, 6) is -1.43. The van der Waals surface area contributed by atoms with Gasteiger partial charge < -0.3 is 14.5 Å². The van der Waals surface area contributed by atoms with Crippen molar-refractivity contribution in [3.8, 4) is 0 Å². The summed E-state index contributed by atoms with van der Waals surface area (Å²) >= 11 is 0. The first-order chi connectivity index (χ1) is 16.5. The molecule has 1 N–H and O–H groups in total. The molecule has 5 rings (SSSR count). The van der Waals surface area contributed by atoms with E-state index in [0.29, 0.717) is 41.5 Å². The quantitative estimate of drug-likeness (QED) is 0.568. The van der Waals surface area contributed by atoms with Gasteiger partial charge in [-0.15, -0.1) is 0 Å². The number of fused-ring (bicyclic) bond motifs is 1. The minimum Gasteiger partial charge on any atom is -0.464 e. The molecule has 2 aliphatic rings. The van der Waals surface area contributed by atoms with Crippen LogP contribution in [0.3, 0.4) is 0 Å². The van der Waals surface area contributed by atoms with Gasteiger partial charge in [0.2, 0.25) is 0 Å². The smallest absolute Gasteiger partial charge is 0.336 e. The molecular formula is C28H25NO5. The Morgan fingerprint density at radius 1 is 1.06 bits per heavy atom. The Bertz CT molecular complexity index is 1400. The topological polar surface area (TPSA) is 85.6 Å². The van der Waals surface area contributed by atoms with Gasteiger partial charge >= 0.3 is 5.97 Å². The molecule has 6 nitrogen and oxygen atoms in total. The average molecular weight is 456 g/mol. The van der Waals surface area contributed by atoms with Gasteiger partial charge in [-0.25, -0.2) is 4.79 Å². The monoisotopic (exact) mass is 455 g/mol. The van der Waals surface area contributed by atoms with Crippen molar-refractivity contribution in [1.29, 1.82) is 0 Å². The molecule has 0 amide bonds. The summed E-state index contributed by atoms with van der Waals surface area (Å²) in [6, 6.07) is 16.7. The number of benzene rings is 2. The van der Waals surface area contributed by atoms with Crippen LogP contribution in [0.4, 0.5) is 0 Å². The summed E-state index contributed by atoms with van der Waals surface area (Å²) in [4.78, 5) is 39.9. The summed E-state index contributed by atoms with van der Waals surface area (Å²) < 4.78 is 11.4. The highest BCUT2D eigenvalue weighted by molar-refractivity contribution is 6.04. The summed E-state index contributed by atoms with van der Waals surface area (Å²) in [7, 11) is 0. The molecule has 1 aliphatic heterocycles. The fraction of sp³-hybridized carbons (Fsp3) is 0.250. The van der Waals surface area contributed by atoms with Crippen LogP contribution >= 0.6 is 0 Å². The summed E-state index contributed by atoms with van der Waals surface area (Å²) in [5.41, 5.74) is 3.66. The van der Waals surface area contributed by atoms with E-state index >= 15 is 0 Å². The number of dihydropyridines is 1. The lowest BCUT2D eigenvalue weighted by Crippen LogP contribution is -2.36. The number of ether oxygens (including phenoxy) is 1. The van der Waals surface area contributed by atoms with Crippen molar-refractivity contribution < 1.29 is 18.7 Å². The fourth-order valence-corrected chi connectivity index (χ4v) is 4.84. The van der Waals surface area contributed by atoms with Gasteiger partial charge in [0, 0.05) is 35.4 Å². The van der Waals surface area contributed by atoms with Crippen LogP contribution < -0.4 is 10.7 Å². The number of hydrogen-bond acceptors (Lipinski definition) is 6. The first kappa shape index (κ1) is 21.9. The maximum absolute atomic E-state index is 13.5. The van der Waals surface area contributed by atoms with Gasteiger partial charge in [-0.2, -0.15) is 0 Å². The molecule has 34 heavy (non-hydrogen) atoms. The largest absolute Gasteiger partial charge is 0.464 e. The molecule has 0 saturated carbocycles. The predicted octanol–water partition coefficient (Wildman–Crippen LogP) is 4.55. The third kappa shape index (κ3) is 3.96. The van der Waals surface area contributed by atoms with Crippen molar-refractivity contribution in [2.45, 2.75) is 38.5 Å². The van der Waals surface area contributed by atoms with Gasteiger partial charge in [0.15, 0.2) is 11.2 Å². The predicted molar refractivity (Wildman–Crippen MR) is 128 cm³/mol. The molecule has 3 aromatic rings. The van der Waals surface area contributed by atoms with E-state index in [1.54, 1.807) is 31.2 Å². The van der Waals surface area contributed by atoms with Crippen LogP contribution in [0.15, 0.2) is 92.6 Å². The molecule has 0 bridgehead atoms. The first-order valence-electron chi connectivity index (χ1n) is 11.5. The standard InChI is InChI=1S/C28H25NO5/c1-17-24(28(32)33-15-14-18-8-3-2-4-9-18)25(26-21(29-17)11-7-12-22(26)30)20-16-34-23-13-6-5-10-19(23)27(20)31/h2-6,8-10,13,16,25,29H,7,11-12,14-15H2,1H3/t25-/m1/s1. The van der Waals surface area contributed by atoms with E-state index in [9.17, 15) is 14.4 Å². The minimum atomic E-state index is -0.825. The third-order valence-corrected chi connectivity index (χ3v) is 6.48. The molecule has 1 aromatic heterocycles. The van der Waals surface area contributed by atoms with Crippen LogP contribution in [-0.4, -0.2) is 18.4 Å². The number of ketones is 1. The average Bonchev–Trinajstić information content (AvgIpc) is 2.84. The second-order valence-electron chi connectivity index (χ2n) is 8.65. The molecule has 172 valence electrons. The lowest BCUT2D eigenvalue weighted by atomic mass is 9.75. The molecule has 0 saturated heterocycles. The molecule has 1 aliphatic carbocycles. The second kappa shape index (κ2) is 9.14. The van der Waals surface area contributed by atoms with E-state index in [0.717, 1.165) is 17.7 Å². The molecule has 0 unspecified atom stereocenters. The van der Waals surface area contributed by atoms with E-state index in [1.807, 2.05) is 30.3 Å². The molecule has 1 atom stereocenters. The Balaban J connectivity index is 1.54. The van der Waals surface area contributed by atoms with Crippen molar-refractivity contribution in [2.75, 3.05) is 6.61 Å². The number of carbonyl (C=O) groups is 2. The number of carbonyl (C=O) groups excluding carboxylic acids is 2. The zero-order valence-corrected chi connectivity index (χ0v) is 18.9. The number of rotatable bonds is 5. The highest BCUT2D eigenvalue weighted by Gasteiger charge is 2.40. The van der Waals surface area contributed by atoms with E-state index in [2.05, 4.69) is 5.32 Å². The van der Waals surface area contributed by atoms with Gasteiger partial charge in [-0.3, -0.25) is 9.59 Å². The van der Waals surface area contributed by atoms with E-state index < -0.39 is 11.9 Å². The minimum absolute atomic E-state index is 0.0617. The Morgan fingerprint density at radius 3 is 2.65 bits per heavy atom. The van der Waals surface area contributed by atoms with E-state index in [-0.39, 0.29) is 29.0 Å². The van der Waals surface area contributed by atoms with Crippen LogP contribution in [0.2, 0.25) is 0 Å². The van der Waals surface area contributed by atoms with Crippen LogP contribution in [0.25, 0.3) is 11.0 Å². The lowest BCUT2D eigenvalue weighted by molar-refractivity contribution is -0.139. The first-order valence-corrected chi connectivity index (χ1v) is 11.5. The Morgan fingerprint density at radius 2 is 1.82 bits per heavy atom. The van der Waals surface area contributed by atoms with Crippen molar-refractivity contribution in [1.82, 2.24) is 5.32 Å². The molecule has 0 spiro atoms. The van der Waals surface area contributed by atoms with Crippen molar-refractivity contribution in [2.24, 2.45) is 0 Å². The van der Waals surface area contributed by atoms with Crippen molar-refractivity contribution in [3.63, 3.8) is 0 Å². The number of nitrogens with one attached hydrogen (secondary N) is 1. The fourth-order valence-electron chi connectivity index (χ4n) is 4.84. The summed E-state index contributed by atoms with van der Waals surface area (Å²) in [6.07, 6.45) is 3.75. The molecule has 0 fully saturated rings. The maximum atomic E-state index is 13.5. The van der Waals surface area contributed by atoms with Gasteiger partial charge in [-0.05, 0) is 37.5 Å². The Hall–Kier alpha value is -3.93. The number of allylic oxidation sites excluding steroid dienone is 3. The molecular weight excluding hydrogens is 430 g/mol. The molecule has 2 aromatic carbocycles. The van der Waals surface area contributed by atoms with Gasteiger partial charge in [0.1, 0.15) is 5.58 Å². The van der Waals surface area contributed by atoms with E-state index in [1.165, 1.54) is 6.26 Å². The van der Waals surface area contributed by atoms with Crippen LogP contribution in [0, 0.1) is 0 Å². The van der Waals surface area contributed by atoms with E-state index in [4.69, 9.17) is 9.15 Å². The lowest BCUT2D eigenvalue weighted by Gasteiger charge is -2.33. The van der Waals surface area contributed by atoms with Crippen LogP contribution in [0.1, 0.15) is 43.2 Å². The zero-order chi connectivity index (χ0) is 23.7. The third-order valence-electron chi connectivity index (χ3n) is 6.48. The zero-order valence-electron chi connectivity index (χ0n) is 18.9. The maximum Gasteiger partial charge on any atom is 0.336 e. The van der Waals surface area contributed by atoms with Crippen LogP contribution in [-0.2, 0) is 20.7 Å². The normalized spacial score (nSPS) is 18.0. The highest BCUT2D eigenvalue weighted by Crippen LogP contribution is 2.41. The highest BCUT2D eigenvalue weighted by atomic mass is 16.5. The molecule has 0 radical (unpaired) electrons. The van der Waals surface area contributed by atoms with Gasteiger partial charge in [0.25, 0.3) is 0 Å². The number of para-hydroxylation sites is 1. The SMILES string of the molecule is CC1=C(C(=O)OCCc2ccccc2)[C@@H](c2coc3ccccc3c2=O)C2=C(CCCC2=O)N1. The summed E-state index contributed by atoms with van der Waals surface area (Å²) in [5, 5.41) is 3.66. The number of Topliss-reactive ketones (excluding diaryl/α,β-unsaturated/α-hetero) is 1. The van der Waals surface area contributed by atoms with Gasteiger partial charge in [0.05, 0.1) is 29.7 Å². The summed E-state index contributed by atoms with van der Waals surface area (Å²) in [6.45, 7) is 1.98. The van der Waals surface area contributed by atoms with Gasteiger partial charge in [-0.1, -0.05) is 42.5 Å².